The van der Waals surface area contributed by atoms with Crippen molar-refractivity contribution in [2.75, 3.05) is 6.54 Å². The van der Waals surface area contributed by atoms with Crippen molar-refractivity contribution in [3.05, 3.63) is 12.2 Å². The van der Waals surface area contributed by atoms with Crippen molar-refractivity contribution in [2.45, 2.75) is 20.3 Å². The summed E-state index contributed by atoms with van der Waals surface area (Å²) in [7, 11) is 0. The van der Waals surface area contributed by atoms with Crippen molar-refractivity contribution >= 4 is 6.21 Å². The maximum atomic E-state index is 3.89. The third kappa shape index (κ3) is 7.21. The molecule has 0 rings (SSSR count). The van der Waals surface area contributed by atoms with Gasteiger partial charge in [0.2, 0.25) is 0 Å². The fraction of sp³-hybridized carbons (Fsp3) is 0.571. The average Bonchev–Trinajstić information content (AvgIpc) is 1.80. The van der Waals surface area contributed by atoms with Crippen LogP contribution in [0.15, 0.2) is 17.3 Å². The number of nitrogens with one attached hydrogen (secondary N) is 1. The van der Waals surface area contributed by atoms with Crippen molar-refractivity contribution in [3.63, 3.8) is 0 Å². The van der Waals surface area contributed by atoms with E-state index in [0.717, 1.165) is 18.5 Å². The molecule has 0 bridgehead atoms. The van der Waals surface area contributed by atoms with E-state index in [4.69, 9.17) is 0 Å². The van der Waals surface area contributed by atoms with Crippen molar-refractivity contribution in [1.82, 2.24) is 5.43 Å². The summed E-state index contributed by atoms with van der Waals surface area (Å²) in [5.74, 6) is 0. The number of hydrazone groups is 1. The number of nitrogens with zero attached hydrogens (tertiary/aromatic N) is 1. The summed E-state index contributed by atoms with van der Waals surface area (Å²) in [6.07, 6.45) is 2.82. The molecule has 0 atom stereocenters. The Morgan fingerprint density at radius 3 is 2.89 bits per heavy atom. The highest BCUT2D eigenvalue weighted by Gasteiger charge is 1.74. The smallest absolute Gasteiger partial charge is 0.0491 e. The van der Waals surface area contributed by atoms with E-state index in [9.17, 15) is 0 Å². The zero-order chi connectivity index (χ0) is 7.11. The number of rotatable bonds is 4. The highest BCUT2D eigenvalue weighted by atomic mass is 15.3. The zero-order valence-corrected chi connectivity index (χ0v) is 6.15. The van der Waals surface area contributed by atoms with E-state index >= 15 is 0 Å². The van der Waals surface area contributed by atoms with E-state index in [2.05, 4.69) is 24.0 Å². The van der Waals surface area contributed by atoms with Crippen molar-refractivity contribution in [1.29, 1.82) is 0 Å². The zero-order valence-electron chi connectivity index (χ0n) is 6.15. The molecule has 0 aliphatic rings. The summed E-state index contributed by atoms with van der Waals surface area (Å²) >= 11 is 0. The maximum Gasteiger partial charge on any atom is 0.0491 e. The minimum Gasteiger partial charge on any atom is -0.310 e. The van der Waals surface area contributed by atoms with Gasteiger partial charge in [-0.25, -0.2) is 0 Å². The predicted octanol–water partition coefficient (Wildman–Crippen LogP) is 1.55. The molecular weight excluding hydrogens is 112 g/mol. The summed E-state index contributed by atoms with van der Waals surface area (Å²) in [6.45, 7) is 8.61. The number of hydrogen-bond donors (Lipinski definition) is 1. The van der Waals surface area contributed by atoms with Gasteiger partial charge in [0.1, 0.15) is 0 Å². The monoisotopic (exact) mass is 126 g/mol. The lowest BCUT2D eigenvalue weighted by Crippen LogP contribution is -2.05. The van der Waals surface area contributed by atoms with Gasteiger partial charge in [0, 0.05) is 12.8 Å². The molecular formula is C7H14N2. The minimum absolute atomic E-state index is 0.934. The SMILES string of the molecule is C=C(C)C=NNCCC. The molecule has 0 aliphatic carbocycles. The molecule has 0 aromatic heterocycles. The predicted molar refractivity (Wildman–Crippen MR) is 41.6 cm³/mol. The van der Waals surface area contributed by atoms with Crippen molar-refractivity contribution < 1.29 is 0 Å². The first-order chi connectivity index (χ1) is 4.27. The van der Waals surface area contributed by atoms with E-state index < -0.39 is 0 Å². The summed E-state index contributed by atoms with van der Waals surface area (Å²) in [4.78, 5) is 0. The highest BCUT2D eigenvalue weighted by molar-refractivity contribution is 5.76. The summed E-state index contributed by atoms with van der Waals surface area (Å²) < 4.78 is 0. The standard InChI is InChI=1S/C7H14N2/c1-4-5-8-9-6-7(2)3/h6,8H,2,4-5H2,1,3H3. The summed E-state index contributed by atoms with van der Waals surface area (Å²) in [5.41, 5.74) is 3.85. The Morgan fingerprint density at radius 2 is 2.44 bits per heavy atom. The van der Waals surface area contributed by atoms with E-state index in [1.165, 1.54) is 0 Å². The van der Waals surface area contributed by atoms with Crippen LogP contribution in [0.3, 0.4) is 0 Å². The lowest BCUT2D eigenvalue weighted by Gasteiger charge is -1.92. The second-order valence-corrected chi connectivity index (χ2v) is 2.01. The quantitative estimate of drug-likeness (QED) is 0.345. The van der Waals surface area contributed by atoms with Gasteiger partial charge in [-0.05, 0) is 18.9 Å². The minimum atomic E-state index is 0.934. The second-order valence-electron chi connectivity index (χ2n) is 2.01. The van der Waals surface area contributed by atoms with Gasteiger partial charge in [0.05, 0.1) is 0 Å². The van der Waals surface area contributed by atoms with Gasteiger partial charge in [-0.2, -0.15) is 5.10 Å². The van der Waals surface area contributed by atoms with E-state index in [1.807, 2.05) is 6.92 Å². The largest absolute Gasteiger partial charge is 0.310 e. The molecule has 2 nitrogen and oxygen atoms in total. The molecule has 0 amide bonds. The van der Waals surface area contributed by atoms with Crippen molar-refractivity contribution in [3.8, 4) is 0 Å². The van der Waals surface area contributed by atoms with Crippen molar-refractivity contribution in [2.24, 2.45) is 5.10 Å². The van der Waals surface area contributed by atoms with Gasteiger partial charge in [0.15, 0.2) is 0 Å². The van der Waals surface area contributed by atoms with Crippen LogP contribution in [0.1, 0.15) is 20.3 Å². The molecule has 1 N–H and O–H groups in total. The van der Waals surface area contributed by atoms with Gasteiger partial charge in [0.25, 0.3) is 0 Å². The number of hydrogen-bond acceptors (Lipinski definition) is 2. The van der Waals surface area contributed by atoms with E-state index in [-0.39, 0.29) is 0 Å². The maximum absolute atomic E-state index is 3.89. The fourth-order valence-corrected chi connectivity index (χ4v) is 0.332. The Morgan fingerprint density at radius 1 is 1.78 bits per heavy atom. The van der Waals surface area contributed by atoms with Crippen LogP contribution >= 0.6 is 0 Å². The van der Waals surface area contributed by atoms with Crippen LogP contribution in [0.25, 0.3) is 0 Å². The first kappa shape index (κ1) is 8.21. The van der Waals surface area contributed by atoms with Gasteiger partial charge >= 0.3 is 0 Å². The molecule has 0 fully saturated rings. The summed E-state index contributed by atoms with van der Waals surface area (Å²) in [5, 5.41) is 3.89. The van der Waals surface area contributed by atoms with Crippen LogP contribution in [-0.2, 0) is 0 Å². The lowest BCUT2D eigenvalue weighted by molar-refractivity contribution is 0.719. The molecule has 0 aromatic rings. The molecule has 0 saturated heterocycles. The van der Waals surface area contributed by atoms with Crippen LogP contribution < -0.4 is 5.43 Å². The molecule has 0 heterocycles. The lowest BCUT2D eigenvalue weighted by atomic mass is 10.4. The Bertz CT molecular complexity index is 105. The normalized spacial score (nSPS) is 10.0. The second kappa shape index (κ2) is 5.35. The third-order valence-corrected chi connectivity index (χ3v) is 0.738. The molecule has 9 heavy (non-hydrogen) atoms. The topological polar surface area (TPSA) is 24.4 Å². The van der Waals surface area contributed by atoms with Crippen LogP contribution in [0.4, 0.5) is 0 Å². The van der Waals surface area contributed by atoms with Gasteiger partial charge in [-0.1, -0.05) is 13.5 Å². The van der Waals surface area contributed by atoms with Gasteiger partial charge in [-0.15, -0.1) is 0 Å². The van der Waals surface area contributed by atoms with Crippen LogP contribution in [0, 0.1) is 0 Å². The Hall–Kier alpha value is -0.790. The molecule has 0 spiro atoms. The summed E-state index contributed by atoms with van der Waals surface area (Å²) in [6, 6.07) is 0. The molecule has 0 radical (unpaired) electrons. The molecule has 0 aliphatic heterocycles. The molecule has 52 valence electrons. The van der Waals surface area contributed by atoms with Gasteiger partial charge in [-0.3, -0.25) is 0 Å². The van der Waals surface area contributed by atoms with E-state index in [1.54, 1.807) is 6.21 Å². The van der Waals surface area contributed by atoms with Crippen LogP contribution in [0.5, 0.6) is 0 Å². The first-order valence-electron chi connectivity index (χ1n) is 3.18. The van der Waals surface area contributed by atoms with Crippen LogP contribution in [-0.4, -0.2) is 12.8 Å². The number of allylic oxidation sites excluding steroid dienone is 1. The molecule has 0 unspecified atom stereocenters. The van der Waals surface area contributed by atoms with Gasteiger partial charge < -0.3 is 5.43 Å². The molecule has 0 saturated carbocycles. The van der Waals surface area contributed by atoms with Crippen LogP contribution in [0.2, 0.25) is 0 Å². The molecule has 0 aromatic carbocycles. The van der Waals surface area contributed by atoms with E-state index in [0.29, 0.717) is 0 Å². The third-order valence-electron chi connectivity index (χ3n) is 0.738. The average molecular weight is 126 g/mol. The molecule has 2 heteroatoms. The highest BCUT2D eigenvalue weighted by Crippen LogP contribution is 1.77. The Labute approximate surface area is 56.7 Å². The fourth-order valence-electron chi connectivity index (χ4n) is 0.332. The Balaban J connectivity index is 3.15. The first-order valence-corrected chi connectivity index (χ1v) is 3.18. The Kier molecular flexibility index (Phi) is 4.88.